The van der Waals surface area contributed by atoms with Crippen LogP contribution in [-0.2, 0) is 0 Å². The fourth-order valence-electron chi connectivity index (χ4n) is 4.02. The number of ketones is 1. The maximum atomic E-state index is 11.9. The molecule has 4 heterocycles. The van der Waals surface area contributed by atoms with E-state index in [4.69, 9.17) is 10.5 Å². The Labute approximate surface area is 156 Å². The number of primary amides is 1. The van der Waals surface area contributed by atoms with Gasteiger partial charge >= 0.3 is 0 Å². The van der Waals surface area contributed by atoms with Crippen molar-refractivity contribution in [3.8, 4) is 10.9 Å². The second kappa shape index (κ2) is 6.81. The maximum absolute atomic E-state index is 11.9. The van der Waals surface area contributed by atoms with Gasteiger partial charge in [0.05, 0.1) is 0 Å². The first kappa shape index (κ1) is 17.2. The second-order valence-corrected chi connectivity index (χ2v) is 7.84. The molecule has 2 aromatic rings. The SMILES string of the molecule is CC(=O)c1csc(Oc2ccc(C(N)=O)c(C3CN4CCC3CC4)c2)n1. The summed E-state index contributed by atoms with van der Waals surface area (Å²) < 4.78 is 5.84. The van der Waals surface area contributed by atoms with Gasteiger partial charge in [0, 0.05) is 30.3 Å². The average molecular weight is 371 g/mol. The highest BCUT2D eigenvalue weighted by Crippen LogP contribution is 2.41. The van der Waals surface area contributed by atoms with Gasteiger partial charge in [0.15, 0.2) is 5.78 Å². The Balaban J connectivity index is 1.64. The van der Waals surface area contributed by atoms with Gasteiger partial charge in [-0.15, -0.1) is 0 Å². The van der Waals surface area contributed by atoms with Crippen molar-refractivity contribution in [3.63, 3.8) is 0 Å². The first-order chi connectivity index (χ1) is 12.5. The van der Waals surface area contributed by atoms with Crippen molar-refractivity contribution < 1.29 is 14.3 Å². The summed E-state index contributed by atoms with van der Waals surface area (Å²) in [6.07, 6.45) is 2.31. The number of Topliss-reactive ketones (excluding diaryl/α,β-unsaturated/α-hetero) is 1. The number of nitrogens with two attached hydrogens (primary N) is 1. The monoisotopic (exact) mass is 371 g/mol. The summed E-state index contributed by atoms with van der Waals surface area (Å²) in [4.78, 5) is 30.0. The van der Waals surface area contributed by atoms with Crippen molar-refractivity contribution in [2.45, 2.75) is 25.7 Å². The molecule has 2 N–H and O–H groups in total. The van der Waals surface area contributed by atoms with Crippen LogP contribution < -0.4 is 10.5 Å². The molecule has 0 radical (unpaired) electrons. The highest BCUT2D eigenvalue weighted by Gasteiger charge is 2.36. The number of rotatable bonds is 5. The summed E-state index contributed by atoms with van der Waals surface area (Å²) in [6.45, 7) is 4.71. The first-order valence-electron chi connectivity index (χ1n) is 8.81. The lowest BCUT2D eigenvalue weighted by Gasteiger charge is -2.45. The van der Waals surface area contributed by atoms with Crippen LogP contribution in [0.4, 0.5) is 0 Å². The molecule has 136 valence electrons. The lowest BCUT2D eigenvalue weighted by atomic mass is 9.74. The largest absolute Gasteiger partial charge is 0.431 e. The minimum atomic E-state index is -0.406. The van der Waals surface area contributed by atoms with Gasteiger partial charge in [-0.1, -0.05) is 11.3 Å². The van der Waals surface area contributed by atoms with Gasteiger partial charge in [0.2, 0.25) is 5.91 Å². The number of fused-ring (bicyclic) bond motifs is 3. The van der Waals surface area contributed by atoms with Gasteiger partial charge in [-0.25, -0.2) is 0 Å². The molecule has 1 amide bonds. The molecule has 2 bridgehead atoms. The average Bonchev–Trinajstić information content (AvgIpc) is 3.11. The predicted octanol–water partition coefficient (Wildman–Crippen LogP) is 3.05. The van der Waals surface area contributed by atoms with E-state index in [1.54, 1.807) is 17.5 Å². The summed E-state index contributed by atoms with van der Waals surface area (Å²) in [7, 11) is 0. The van der Waals surface area contributed by atoms with Crippen molar-refractivity contribution in [1.82, 2.24) is 9.88 Å². The van der Waals surface area contributed by atoms with E-state index in [-0.39, 0.29) is 5.78 Å². The number of hydrogen-bond donors (Lipinski definition) is 1. The Morgan fingerprint density at radius 2 is 2.08 bits per heavy atom. The van der Waals surface area contributed by atoms with E-state index < -0.39 is 5.91 Å². The smallest absolute Gasteiger partial charge is 0.279 e. The molecular formula is C19H21N3O3S. The van der Waals surface area contributed by atoms with Gasteiger partial charge in [-0.2, -0.15) is 4.98 Å². The number of hydrogen-bond acceptors (Lipinski definition) is 6. The molecule has 3 saturated heterocycles. The molecule has 5 rings (SSSR count). The summed E-state index contributed by atoms with van der Waals surface area (Å²) in [5.41, 5.74) is 7.55. The number of benzene rings is 1. The maximum Gasteiger partial charge on any atom is 0.279 e. The standard InChI is InChI=1S/C19H21N3O3S/c1-11(23)17-10-26-19(21-17)25-13-2-3-14(18(20)24)15(8-13)16-9-22-6-4-12(16)5-7-22/h2-3,8,10,12,16H,4-7,9H2,1H3,(H2,20,24). The van der Waals surface area contributed by atoms with Crippen LogP contribution in [0.3, 0.4) is 0 Å². The summed E-state index contributed by atoms with van der Waals surface area (Å²) in [5, 5.41) is 2.10. The van der Waals surface area contributed by atoms with Crippen molar-refractivity contribution >= 4 is 23.0 Å². The van der Waals surface area contributed by atoms with Crippen LogP contribution in [0.25, 0.3) is 0 Å². The molecule has 1 unspecified atom stereocenters. The molecule has 3 aliphatic heterocycles. The van der Waals surface area contributed by atoms with Crippen LogP contribution in [0.15, 0.2) is 23.6 Å². The molecule has 1 atom stereocenters. The topological polar surface area (TPSA) is 85.5 Å². The molecule has 0 aliphatic carbocycles. The van der Waals surface area contributed by atoms with E-state index in [9.17, 15) is 9.59 Å². The molecule has 0 spiro atoms. The Morgan fingerprint density at radius 3 is 2.65 bits per heavy atom. The molecule has 1 aromatic heterocycles. The molecule has 3 aliphatic rings. The fourth-order valence-corrected chi connectivity index (χ4v) is 4.75. The second-order valence-electron chi connectivity index (χ2n) is 7.01. The lowest BCUT2D eigenvalue weighted by Crippen LogP contribution is -2.46. The van der Waals surface area contributed by atoms with E-state index >= 15 is 0 Å². The lowest BCUT2D eigenvalue weighted by molar-refractivity contribution is 0.0855. The Morgan fingerprint density at radius 1 is 1.31 bits per heavy atom. The highest BCUT2D eigenvalue weighted by atomic mass is 32.1. The van der Waals surface area contributed by atoms with Gasteiger partial charge < -0.3 is 15.4 Å². The van der Waals surface area contributed by atoms with Crippen LogP contribution in [0.2, 0.25) is 0 Å². The van der Waals surface area contributed by atoms with E-state index in [1.807, 2.05) is 6.07 Å². The fraction of sp³-hybridized carbons (Fsp3) is 0.421. The summed E-state index contributed by atoms with van der Waals surface area (Å²) in [5.74, 6) is 1.00. The number of piperidine rings is 3. The van der Waals surface area contributed by atoms with E-state index in [2.05, 4.69) is 9.88 Å². The van der Waals surface area contributed by atoms with E-state index in [0.29, 0.717) is 34.0 Å². The number of carbonyl (C=O) groups is 2. The minimum Gasteiger partial charge on any atom is -0.431 e. The van der Waals surface area contributed by atoms with Crippen molar-refractivity contribution in [2.75, 3.05) is 19.6 Å². The van der Waals surface area contributed by atoms with E-state index in [0.717, 1.165) is 38.0 Å². The Bertz CT molecular complexity index is 855. The highest BCUT2D eigenvalue weighted by molar-refractivity contribution is 7.11. The van der Waals surface area contributed by atoms with Gasteiger partial charge in [0.1, 0.15) is 11.4 Å². The molecule has 26 heavy (non-hydrogen) atoms. The predicted molar refractivity (Wildman–Crippen MR) is 99.1 cm³/mol. The number of thiazole rings is 1. The van der Waals surface area contributed by atoms with Crippen LogP contribution >= 0.6 is 11.3 Å². The van der Waals surface area contributed by atoms with Gasteiger partial charge in [-0.05, 0) is 55.6 Å². The zero-order chi connectivity index (χ0) is 18.3. The number of carbonyl (C=O) groups excluding carboxylic acids is 2. The Kier molecular flexibility index (Phi) is 4.50. The summed E-state index contributed by atoms with van der Waals surface area (Å²) in [6, 6.07) is 5.39. The van der Waals surface area contributed by atoms with Crippen molar-refractivity contribution in [3.05, 3.63) is 40.4 Å². The zero-order valence-corrected chi connectivity index (χ0v) is 15.4. The van der Waals surface area contributed by atoms with Crippen LogP contribution in [0.1, 0.15) is 52.1 Å². The number of aromatic nitrogens is 1. The summed E-state index contributed by atoms with van der Waals surface area (Å²) >= 11 is 1.28. The van der Waals surface area contributed by atoms with Crippen molar-refractivity contribution in [1.29, 1.82) is 0 Å². The van der Waals surface area contributed by atoms with Gasteiger partial charge in [-0.3, -0.25) is 9.59 Å². The first-order valence-corrected chi connectivity index (χ1v) is 9.69. The molecule has 6 nitrogen and oxygen atoms in total. The third-order valence-electron chi connectivity index (χ3n) is 5.39. The van der Waals surface area contributed by atoms with E-state index in [1.165, 1.54) is 18.3 Å². The van der Waals surface area contributed by atoms with Crippen molar-refractivity contribution in [2.24, 2.45) is 11.7 Å². The zero-order valence-electron chi connectivity index (χ0n) is 14.6. The number of nitrogens with zero attached hydrogens (tertiary/aromatic N) is 2. The molecular weight excluding hydrogens is 350 g/mol. The van der Waals surface area contributed by atoms with Crippen LogP contribution in [0, 0.1) is 5.92 Å². The number of amides is 1. The quantitative estimate of drug-likeness (QED) is 0.817. The normalized spacial score (nSPS) is 24.4. The molecule has 7 heteroatoms. The molecule has 3 fully saturated rings. The third-order valence-corrected chi connectivity index (χ3v) is 6.11. The third kappa shape index (κ3) is 3.24. The Hall–Kier alpha value is -2.25. The minimum absolute atomic E-state index is 0.0897. The number of ether oxygens (including phenoxy) is 1. The molecule has 0 saturated carbocycles. The van der Waals surface area contributed by atoms with Crippen LogP contribution in [0.5, 0.6) is 10.9 Å². The molecule has 1 aromatic carbocycles. The van der Waals surface area contributed by atoms with Crippen LogP contribution in [-0.4, -0.2) is 41.2 Å². The van der Waals surface area contributed by atoms with Gasteiger partial charge in [0.25, 0.3) is 5.19 Å².